The Morgan fingerprint density at radius 2 is 1.94 bits per heavy atom. The maximum atomic E-state index is 10.4. The Morgan fingerprint density at radius 3 is 2.61 bits per heavy atom. The van der Waals surface area contributed by atoms with Crippen LogP contribution in [0.2, 0.25) is 0 Å². The summed E-state index contributed by atoms with van der Waals surface area (Å²) in [5.41, 5.74) is 3.15. The summed E-state index contributed by atoms with van der Waals surface area (Å²) in [6, 6.07) is 0. The van der Waals surface area contributed by atoms with Crippen molar-refractivity contribution in [2.24, 2.45) is 29.1 Å². The fraction of sp³-hybridized carbons (Fsp3) is 0.786. The predicted molar refractivity (Wildman–Crippen MR) is 129 cm³/mol. The van der Waals surface area contributed by atoms with Crippen molar-refractivity contribution >= 4 is 0 Å². The fourth-order valence-electron chi connectivity index (χ4n) is 6.91. The van der Waals surface area contributed by atoms with Gasteiger partial charge in [-0.3, -0.25) is 0 Å². The smallest absolute Gasteiger partial charge is 0.0837 e. The van der Waals surface area contributed by atoms with Gasteiger partial charge in [-0.25, -0.2) is 0 Å². The quantitative estimate of drug-likeness (QED) is 0.488. The highest BCUT2D eigenvalue weighted by atomic mass is 16.3. The third-order valence-corrected chi connectivity index (χ3v) is 8.97. The van der Waals surface area contributed by atoms with Gasteiger partial charge in [0.15, 0.2) is 0 Å². The van der Waals surface area contributed by atoms with Gasteiger partial charge in [0, 0.05) is 5.92 Å². The Morgan fingerprint density at radius 1 is 1.23 bits per heavy atom. The first-order valence-corrected chi connectivity index (χ1v) is 12.6. The van der Waals surface area contributed by atoms with E-state index in [1.54, 1.807) is 5.57 Å². The van der Waals surface area contributed by atoms with E-state index in [1.165, 1.54) is 32.1 Å². The summed E-state index contributed by atoms with van der Waals surface area (Å²) in [6.07, 6.45) is 13.4. The van der Waals surface area contributed by atoms with Gasteiger partial charge in [0.1, 0.15) is 0 Å². The molecule has 0 aromatic carbocycles. The van der Waals surface area contributed by atoms with E-state index in [2.05, 4.69) is 32.6 Å². The summed E-state index contributed by atoms with van der Waals surface area (Å²) >= 11 is 0. The largest absolute Gasteiger partial charge is 0.392 e. The zero-order valence-corrected chi connectivity index (χ0v) is 20.5. The Kier molecular flexibility index (Phi) is 7.61. The summed E-state index contributed by atoms with van der Waals surface area (Å²) in [7, 11) is 0. The van der Waals surface area contributed by atoms with Gasteiger partial charge >= 0.3 is 0 Å². The molecule has 0 spiro atoms. The third-order valence-electron chi connectivity index (χ3n) is 8.97. The summed E-state index contributed by atoms with van der Waals surface area (Å²) < 4.78 is 0. The number of rotatable bonds is 6. The molecule has 3 aliphatic rings. The Labute approximate surface area is 190 Å². The minimum Gasteiger partial charge on any atom is -0.392 e. The molecule has 0 heterocycles. The minimum absolute atomic E-state index is 0.149. The standard InChI is InChI=1S/C28H46O3/c1-18(9-7-15-27(4,5)31)23-13-14-24-21(10-8-16-28(23,24)6)11-12-22-17-25(29)20(3)26(30)19(22)2/h11-12,18,20,23-26,29-31H,2,7-10,13-17H2,1,3-6H3/t18-,20-,23?,24?,25+,26+,28?/m1/s1. The lowest BCUT2D eigenvalue weighted by molar-refractivity contribution is 0.0283. The van der Waals surface area contributed by atoms with Gasteiger partial charge < -0.3 is 15.3 Å². The number of allylic oxidation sites excluding steroid dienone is 3. The molecule has 3 saturated carbocycles. The SMILES string of the molecule is C=C1C(=CC=C2CCCC3(C)C2CCC3[C@H](C)CCCC(C)(C)O)C[C@H](O)[C@@H](C)[C@H]1O. The van der Waals surface area contributed by atoms with Gasteiger partial charge in [-0.2, -0.15) is 0 Å². The molecule has 3 nitrogen and oxygen atoms in total. The fourth-order valence-corrected chi connectivity index (χ4v) is 6.91. The second-order valence-electron chi connectivity index (χ2n) is 11.8. The van der Waals surface area contributed by atoms with Crippen LogP contribution in [0.4, 0.5) is 0 Å². The van der Waals surface area contributed by atoms with Crippen molar-refractivity contribution in [1.29, 1.82) is 0 Å². The molecule has 0 radical (unpaired) electrons. The van der Waals surface area contributed by atoms with E-state index in [0.29, 0.717) is 23.7 Å². The first kappa shape index (κ1) is 24.7. The van der Waals surface area contributed by atoms with Crippen LogP contribution in [0, 0.1) is 29.1 Å². The first-order valence-electron chi connectivity index (χ1n) is 12.6. The highest BCUT2D eigenvalue weighted by molar-refractivity contribution is 5.39. The van der Waals surface area contributed by atoms with E-state index in [4.69, 9.17) is 0 Å². The lowest BCUT2D eigenvalue weighted by Gasteiger charge is -2.44. The summed E-state index contributed by atoms with van der Waals surface area (Å²) in [5, 5.41) is 30.7. The number of hydrogen-bond acceptors (Lipinski definition) is 3. The zero-order chi connectivity index (χ0) is 23.0. The second-order valence-corrected chi connectivity index (χ2v) is 11.8. The van der Waals surface area contributed by atoms with Gasteiger partial charge in [0.25, 0.3) is 0 Å². The highest BCUT2D eigenvalue weighted by Crippen LogP contribution is 2.60. The molecule has 0 aromatic rings. The third kappa shape index (κ3) is 5.37. The molecule has 0 aliphatic heterocycles. The van der Waals surface area contributed by atoms with E-state index in [-0.39, 0.29) is 5.92 Å². The van der Waals surface area contributed by atoms with Crippen LogP contribution in [0.15, 0.2) is 35.5 Å². The summed E-state index contributed by atoms with van der Waals surface area (Å²) in [6.45, 7) is 14.8. The van der Waals surface area contributed by atoms with E-state index >= 15 is 0 Å². The average Bonchev–Trinajstić information content (AvgIpc) is 3.04. The van der Waals surface area contributed by atoms with Gasteiger partial charge in [0.2, 0.25) is 0 Å². The maximum absolute atomic E-state index is 10.4. The van der Waals surface area contributed by atoms with Gasteiger partial charge in [-0.05, 0) is 93.1 Å². The molecule has 176 valence electrons. The van der Waals surface area contributed by atoms with E-state index in [0.717, 1.165) is 36.3 Å². The first-order chi connectivity index (χ1) is 14.4. The topological polar surface area (TPSA) is 60.7 Å². The summed E-state index contributed by atoms with van der Waals surface area (Å²) in [5.74, 6) is 1.94. The molecule has 0 bridgehead atoms. The van der Waals surface area contributed by atoms with Gasteiger partial charge in [-0.1, -0.05) is 57.9 Å². The van der Waals surface area contributed by atoms with Crippen molar-refractivity contribution in [2.75, 3.05) is 0 Å². The van der Waals surface area contributed by atoms with Crippen LogP contribution < -0.4 is 0 Å². The normalized spacial score (nSPS) is 40.4. The van der Waals surface area contributed by atoms with Crippen molar-refractivity contribution in [3.05, 3.63) is 35.5 Å². The molecule has 3 heteroatoms. The van der Waals surface area contributed by atoms with Crippen LogP contribution in [0.5, 0.6) is 0 Å². The van der Waals surface area contributed by atoms with Crippen molar-refractivity contribution in [2.45, 2.75) is 110 Å². The molecule has 7 atom stereocenters. The molecule has 3 aliphatic carbocycles. The number of aliphatic hydroxyl groups is 3. The lowest BCUT2D eigenvalue weighted by Crippen LogP contribution is -2.36. The molecule has 0 aromatic heterocycles. The van der Waals surface area contributed by atoms with Crippen LogP contribution >= 0.6 is 0 Å². The average molecular weight is 431 g/mol. The monoisotopic (exact) mass is 430 g/mol. The van der Waals surface area contributed by atoms with Crippen LogP contribution in [0.25, 0.3) is 0 Å². The molecular formula is C28H46O3. The highest BCUT2D eigenvalue weighted by Gasteiger charge is 2.50. The number of fused-ring (bicyclic) bond motifs is 1. The second kappa shape index (κ2) is 9.53. The number of aliphatic hydroxyl groups excluding tert-OH is 2. The molecule has 3 unspecified atom stereocenters. The molecular weight excluding hydrogens is 384 g/mol. The van der Waals surface area contributed by atoms with E-state index in [9.17, 15) is 15.3 Å². The van der Waals surface area contributed by atoms with Gasteiger partial charge in [0.05, 0.1) is 17.8 Å². The Hall–Kier alpha value is -0.900. The van der Waals surface area contributed by atoms with Crippen molar-refractivity contribution in [3.8, 4) is 0 Å². The van der Waals surface area contributed by atoms with Crippen LogP contribution in [-0.4, -0.2) is 33.1 Å². The maximum Gasteiger partial charge on any atom is 0.0837 e. The lowest BCUT2D eigenvalue weighted by atomic mass is 9.60. The van der Waals surface area contributed by atoms with Crippen molar-refractivity contribution < 1.29 is 15.3 Å². The molecule has 3 rings (SSSR count). The van der Waals surface area contributed by atoms with Crippen LogP contribution in [0.3, 0.4) is 0 Å². The van der Waals surface area contributed by atoms with Crippen LogP contribution in [0.1, 0.15) is 92.4 Å². The molecule has 0 saturated heterocycles. The Balaban J connectivity index is 1.71. The minimum atomic E-state index is -0.648. The predicted octanol–water partition coefficient (Wildman–Crippen LogP) is 5.95. The summed E-state index contributed by atoms with van der Waals surface area (Å²) in [4.78, 5) is 0. The van der Waals surface area contributed by atoms with Crippen molar-refractivity contribution in [3.63, 3.8) is 0 Å². The molecule has 0 amide bonds. The number of hydrogen-bond donors (Lipinski definition) is 3. The van der Waals surface area contributed by atoms with Crippen molar-refractivity contribution in [1.82, 2.24) is 0 Å². The van der Waals surface area contributed by atoms with Gasteiger partial charge in [-0.15, -0.1) is 0 Å². The zero-order valence-electron chi connectivity index (χ0n) is 20.5. The molecule has 3 fully saturated rings. The van der Waals surface area contributed by atoms with E-state index in [1.807, 2.05) is 20.8 Å². The molecule has 3 N–H and O–H groups in total. The van der Waals surface area contributed by atoms with Crippen LogP contribution in [-0.2, 0) is 0 Å². The van der Waals surface area contributed by atoms with E-state index < -0.39 is 17.8 Å². The Bertz CT molecular complexity index is 712. The molecule has 31 heavy (non-hydrogen) atoms.